The predicted octanol–water partition coefficient (Wildman–Crippen LogP) is 3.97. The molecule has 134 valence electrons. The summed E-state index contributed by atoms with van der Waals surface area (Å²) in [6, 6.07) is 19.3. The van der Waals surface area contributed by atoms with E-state index in [0.717, 1.165) is 47.2 Å². The van der Waals surface area contributed by atoms with Crippen LogP contribution in [-0.2, 0) is 16.4 Å². The molecule has 0 spiro atoms. The first-order valence-corrected chi connectivity index (χ1v) is 10.7. The first-order chi connectivity index (χ1) is 12.5. The lowest BCUT2D eigenvalue weighted by Gasteiger charge is -2.21. The molecule has 1 unspecified atom stereocenters. The van der Waals surface area contributed by atoms with Gasteiger partial charge in [-0.1, -0.05) is 60.7 Å². The molecule has 0 fully saturated rings. The number of rotatable bonds is 3. The number of hydrogen-bond donors (Lipinski definition) is 1. The maximum absolute atomic E-state index is 12.9. The summed E-state index contributed by atoms with van der Waals surface area (Å²) < 4.78 is 27.2. The molecule has 0 aliphatic heterocycles. The van der Waals surface area contributed by atoms with Crippen molar-refractivity contribution in [3.63, 3.8) is 0 Å². The highest BCUT2D eigenvalue weighted by molar-refractivity contribution is 7.89. The van der Waals surface area contributed by atoms with Gasteiger partial charge in [0.1, 0.15) is 0 Å². The molecular formula is C21H22N2O2S. The molecule has 2 aromatic carbocycles. The average molecular weight is 366 g/mol. The molecule has 0 radical (unpaired) electrons. The molecule has 4 rings (SSSR count). The minimum absolute atomic E-state index is 0.153. The highest BCUT2D eigenvalue weighted by Crippen LogP contribution is 2.44. The molecule has 0 bridgehead atoms. The Kier molecular flexibility index (Phi) is 4.21. The fourth-order valence-corrected chi connectivity index (χ4v) is 5.08. The van der Waals surface area contributed by atoms with Gasteiger partial charge in [-0.05, 0) is 41.5 Å². The van der Waals surface area contributed by atoms with E-state index in [0.29, 0.717) is 5.69 Å². The Morgan fingerprint density at radius 2 is 1.46 bits per heavy atom. The first kappa shape index (κ1) is 17.1. The van der Waals surface area contributed by atoms with Crippen molar-refractivity contribution < 1.29 is 8.42 Å². The third-order valence-electron chi connectivity index (χ3n) is 5.01. The Morgan fingerprint density at radius 1 is 0.923 bits per heavy atom. The van der Waals surface area contributed by atoms with E-state index in [1.807, 2.05) is 60.7 Å². The van der Waals surface area contributed by atoms with E-state index in [2.05, 4.69) is 0 Å². The maximum atomic E-state index is 12.9. The second-order valence-electron chi connectivity index (χ2n) is 6.85. The number of hydrogen-bond acceptors (Lipinski definition) is 3. The van der Waals surface area contributed by atoms with Crippen LogP contribution in [0.25, 0.3) is 22.5 Å². The van der Waals surface area contributed by atoms with Gasteiger partial charge in [0.15, 0.2) is 0 Å². The molecule has 1 heterocycles. The van der Waals surface area contributed by atoms with Gasteiger partial charge in [0.05, 0.1) is 17.6 Å². The number of fused-ring (bicyclic) bond motifs is 1. The van der Waals surface area contributed by atoms with E-state index < -0.39 is 10.0 Å². The predicted molar refractivity (Wildman–Crippen MR) is 105 cm³/mol. The zero-order valence-corrected chi connectivity index (χ0v) is 15.5. The molecule has 0 saturated heterocycles. The number of benzene rings is 2. The Hall–Kier alpha value is -2.37. The molecular weight excluding hydrogens is 344 g/mol. The molecule has 4 nitrogen and oxygen atoms in total. The highest BCUT2D eigenvalue weighted by atomic mass is 32.2. The topological polar surface area (TPSA) is 65.1 Å². The molecule has 5 heteroatoms. The van der Waals surface area contributed by atoms with Crippen molar-refractivity contribution in [2.45, 2.75) is 25.3 Å². The Bertz CT molecular complexity index is 1040. The molecule has 0 amide bonds. The van der Waals surface area contributed by atoms with Crippen LogP contribution in [-0.4, -0.2) is 18.6 Å². The van der Waals surface area contributed by atoms with Gasteiger partial charge >= 0.3 is 0 Å². The number of aromatic nitrogens is 1. The molecule has 1 aliphatic rings. The van der Waals surface area contributed by atoms with Gasteiger partial charge in [-0.3, -0.25) is 0 Å². The van der Waals surface area contributed by atoms with Crippen LogP contribution in [0.3, 0.4) is 0 Å². The van der Waals surface area contributed by atoms with Gasteiger partial charge in [0, 0.05) is 6.04 Å². The average Bonchev–Trinajstić information content (AvgIpc) is 3.00. The second kappa shape index (κ2) is 6.41. The van der Waals surface area contributed by atoms with Gasteiger partial charge in [-0.25, -0.2) is 12.4 Å². The molecule has 0 saturated carbocycles. The van der Waals surface area contributed by atoms with Crippen LogP contribution >= 0.6 is 0 Å². The van der Waals surface area contributed by atoms with E-state index in [9.17, 15) is 8.42 Å². The zero-order chi connectivity index (χ0) is 18.3. The van der Waals surface area contributed by atoms with Crippen molar-refractivity contribution in [3.05, 3.63) is 71.8 Å². The summed E-state index contributed by atoms with van der Waals surface area (Å²) in [5, 5.41) is 0. The normalized spacial score (nSPS) is 17.1. The Morgan fingerprint density at radius 3 is 2.00 bits per heavy atom. The third kappa shape index (κ3) is 2.77. The van der Waals surface area contributed by atoms with Crippen molar-refractivity contribution in [3.8, 4) is 22.5 Å². The molecule has 1 aromatic heterocycles. The lowest BCUT2D eigenvalue weighted by molar-refractivity contribution is 0.575. The summed E-state index contributed by atoms with van der Waals surface area (Å²) in [6.45, 7) is 0. The van der Waals surface area contributed by atoms with Gasteiger partial charge in [0.25, 0.3) is 0 Å². The van der Waals surface area contributed by atoms with Crippen LogP contribution in [0.2, 0.25) is 0 Å². The maximum Gasteiger partial charge on any atom is 0.236 e. The monoisotopic (exact) mass is 366 g/mol. The standard InChI is InChI=1S/C21H22N2O2S/c1-26(24,25)23-20(15-9-4-2-5-10-15)17-13-8-14-18(22)19(17)21(23)16-11-6-3-7-12-16/h2-7,9-12,18H,8,13-14,22H2,1H3. The van der Waals surface area contributed by atoms with Crippen molar-refractivity contribution in [1.82, 2.24) is 3.97 Å². The van der Waals surface area contributed by atoms with E-state index in [1.54, 1.807) is 0 Å². The SMILES string of the molecule is CS(=O)(=O)n1c(-c2ccccc2)c2c(c1-c1ccccc1)C(N)CCC2. The smallest absolute Gasteiger partial charge is 0.236 e. The van der Waals surface area contributed by atoms with Crippen LogP contribution < -0.4 is 5.73 Å². The van der Waals surface area contributed by atoms with Gasteiger partial charge in [-0.15, -0.1) is 0 Å². The Labute approximate surface area is 154 Å². The van der Waals surface area contributed by atoms with Crippen molar-refractivity contribution >= 4 is 10.0 Å². The summed E-state index contributed by atoms with van der Waals surface area (Å²) in [4.78, 5) is 0. The van der Waals surface area contributed by atoms with Crippen LogP contribution in [0.5, 0.6) is 0 Å². The van der Waals surface area contributed by atoms with Crippen molar-refractivity contribution in [2.24, 2.45) is 5.73 Å². The molecule has 2 N–H and O–H groups in total. The quantitative estimate of drug-likeness (QED) is 0.763. The third-order valence-corrected chi connectivity index (χ3v) is 6.04. The summed E-state index contributed by atoms with van der Waals surface area (Å²) in [6.07, 6.45) is 3.95. The fraction of sp³-hybridized carbons (Fsp3) is 0.238. The zero-order valence-electron chi connectivity index (χ0n) is 14.7. The highest BCUT2D eigenvalue weighted by Gasteiger charge is 2.33. The summed E-state index contributed by atoms with van der Waals surface area (Å²) in [7, 11) is -3.52. The number of nitrogens with zero attached hydrogens (tertiary/aromatic N) is 1. The number of nitrogens with two attached hydrogens (primary N) is 1. The van der Waals surface area contributed by atoms with Gasteiger partial charge in [0.2, 0.25) is 10.0 Å². The lowest BCUT2D eigenvalue weighted by Crippen LogP contribution is -2.17. The first-order valence-electron chi connectivity index (χ1n) is 8.83. The van der Waals surface area contributed by atoms with Crippen molar-refractivity contribution in [1.29, 1.82) is 0 Å². The fourth-order valence-electron chi connectivity index (χ4n) is 4.00. The summed E-state index contributed by atoms with van der Waals surface area (Å²) in [5.41, 5.74) is 11.8. The van der Waals surface area contributed by atoms with Crippen LogP contribution in [0, 0.1) is 0 Å². The largest absolute Gasteiger partial charge is 0.324 e. The second-order valence-corrected chi connectivity index (χ2v) is 8.68. The van der Waals surface area contributed by atoms with E-state index >= 15 is 0 Å². The van der Waals surface area contributed by atoms with Gasteiger partial charge < -0.3 is 5.73 Å². The molecule has 1 aliphatic carbocycles. The lowest BCUT2D eigenvalue weighted by atomic mass is 9.86. The minimum atomic E-state index is -3.52. The Balaban J connectivity index is 2.17. The van der Waals surface area contributed by atoms with Crippen LogP contribution in [0.4, 0.5) is 0 Å². The molecule has 26 heavy (non-hydrogen) atoms. The van der Waals surface area contributed by atoms with E-state index in [1.165, 1.54) is 10.2 Å². The van der Waals surface area contributed by atoms with Gasteiger partial charge in [-0.2, -0.15) is 0 Å². The van der Waals surface area contributed by atoms with E-state index in [4.69, 9.17) is 5.73 Å². The molecule has 3 aromatic rings. The summed E-state index contributed by atoms with van der Waals surface area (Å²) >= 11 is 0. The van der Waals surface area contributed by atoms with Crippen LogP contribution in [0.15, 0.2) is 60.7 Å². The van der Waals surface area contributed by atoms with Crippen molar-refractivity contribution in [2.75, 3.05) is 6.26 Å². The van der Waals surface area contributed by atoms with Crippen LogP contribution in [0.1, 0.15) is 30.0 Å². The van der Waals surface area contributed by atoms with E-state index in [-0.39, 0.29) is 6.04 Å². The summed E-state index contributed by atoms with van der Waals surface area (Å²) in [5.74, 6) is 0. The molecule has 1 atom stereocenters. The minimum Gasteiger partial charge on any atom is -0.324 e.